The molecule has 1 aromatic carbocycles. The normalized spacial score (nSPS) is 15.8. The summed E-state index contributed by atoms with van der Waals surface area (Å²) < 4.78 is 23.6. The quantitative estimate of drug-likeness (QED) is 0.594. The highest BCUT2D eigenvalue weighted by Gasteiger charge is 2.23. The van der Waals surface area contributed by atoms with E-state index in [9.17, 15) is 9.18 Å². The molecule has 0 amide bonds. The van der Waals surface area contributed by atoms with E-state index in [0.29, 0.717) is 0 Å². The van der Waals surface area contributed by atoms with Crippen LogP contribution in [0, 0.1) is 5.82 Å². The summed E-state index contributed by atoms with van der Waals surface area (Å²) in [6.45, 7) is 5.91. The molecular weight excluding hydrogens is 247 g/mol. The van der Waals surface area contributed by atoms with E-state index in [1.807, 2.05) is 20.8 Å². The van der Waals surface area contributed by atoms with Crippen molar-refractivity contribution in [2.45, 2.75) is 51.6 Å². The Bertz CT molecular complexity index is 473. The van der Waals surface area contributed by atoms with E-state index < -0.39 is 12.0 Å². The van der Waals surface area contributed by atoms with Crippen LogP contribution in [0.4, 0.5) is 9.18 Å². The van der Waals surface area contributed by atoms with E-state index in [1.165, 1.54) is 12.1 Å². The van der Waals surface area contributed by atoms with Crippen LogP contribution in [0.15, 0.2) is 18.2 Å². The number of rotatable bonds is 2. The molecular formula is C15H19FO3. The van der Waals surface area contributed by atoms with Crippen molar-refractivity contribution in [3.63, 3.8) is 0 Å². The molecule has 0 spiro atoms. The van der Waals surface area contributed by atoms with Gasteiger partial charge in [-0.15, -0.1) is 0 Å². The molecule has 0 aliphatic heterocycles. The summed E-state index contributed by atoms with van der Waals surface area (Å²) in [5.41, 5.74) is 0.567. The highest BCUT2D eigenvalue weighted by atomic mass is 19.1. The summed E-state index contributed by atoms with van der Waals surface area (Å²) in [5, 5.41) is 0. The SMILES string of the molecule is CC(C)(C)c1cc(F)cc(OC(=O)OC2CCC2)c1. The number of ether oxygens (including phenoxy) is 2. The lowest BCUT2D eigenvalue weighted by Crippen LogP contribution is -2.26. The molecule has 19 heavy (non-hydrogen) atoms. The maximum atomic E-state index is 13.5. The van der Waals surface area contributed by atoms with Crippen LogP contribution >= 0.6 is 0 Å². The fourth-order valence-electron chi connectivity index (χ4n) is 1.80. The van der Waals surface area contributed by atoms with Crippen LogP contribution in [0.3, 0.4) is 0 Å². The average Bonchev–Trinajstić information content (AvgIpc) is 2.21. The third-order valence-corrected chi connectivity index (χ3v) is 3.25. The van der Waals surface area contributed by atoms with Gasteiger partial charge in [0.15, 0.2) is 0 Å². The summed E-state index contributed by atoms with van der Waals surface area (Å²) in [6.07, 6.45) is 2.04. The van der Waals surface area contributed by atoms with Gasteiger partial charge in [0.1, 0.15) is 17.7 Å². The molecule has 0 aromatic heterocycles. The van der Waals surface area contributed by atoms with Crippen LogP contribution in [0.25, 0.3) is 0 Å². The molecule has 1 aliphatic rings. The van der Waals surface area contributed by atoms with Gasteiger partial charge in [-0.1, -0.05) is 20.8 Å². The minimum atomic E-state index is -0.754. The Morgan fingerprint density at radius 3 is 2.47 bits per heavy atom. The minimum Gasteiger partial charge on any atom is -0.431 e. The third-order valence-electron chi connectivity index (χ3n) is 3.25. The predicted molar refractivity (Wildman–Crippen MR) is 69.8 cm³/mol. The van der Waals surface area contributed by atoms with Crippen molar-refractivity contribution in [2.75, 3.05) is 0 Å². The second-order valence-corrected chi connectivity index (χ2v) is 5.95. The fraction of sp³-hybridized carbons (Fsp3) is 0.533. The van der Waals surface area contributed by atoms with Crippen molar-refractivity contribution in [1.29, 1.82) is 0 Å². The number of hydrogen-bond acceptors (Lipinski definition) is 3. The van der Waals surface area contributed by atoms with E-state index in [0.717, 1.165) is 24.8 Å². The van der Waals surface area contributed by atoms with Gasteiger partial charge in [0.25, 0.3) is 0 Å². The zero-order chi connectivity index (χ0) is 14.0. The number of carbonyl (C=O) groups excluding carboxylic acids is 1. The van der Waals surface area contributed by atoms with Crippen LogP contribution in [-0.2, 0) is 10.2 Å². The van der Waals surface area contributed by atoms with E-state index in [-0.39, 0.29) is 17.3 Å². The van der Waals surface area contributed by atoms with Gasteiger partial charge >= 0.3 is 6.16 Å². The molecule has 3 nitrogen and oxygen atoms in total. The highest BCUT2D eigenvalue weighted by Crippen LogP contribution is 2.28. The Balaban J connectivity index is 2.06. The van der Waals surface area contributed by atoms with Gasteiger partial charge in [-0.25, -0.2) is 9.18 Å². The minimum absolute atomic E-state index is 0.0388. The summed E-state index contributed by atoms with van der Waals surface area (Å²) in [7, 11) is 0. The molecule has 104 valence electrons. The molecule has 1 aliphatic carbocycles. The van der Waals surface area contributed by atoms with Crippen LogP contribution in [0.5, 0.6) is 5.75 Å². The Kier molecular flexibility index (Phi) is 3.78. The van der Waals surface area contributed by atoms with Gasteiger partial charge in [-0.3, -0.25) is 0 Å². The standard InChI is InChI=1S/C15H19FO3/c1-15(2,3)10-7-11(16)9-13(8-10)19-14(17)18-12-5-4-6-12/h7-9,12H,4-6H2,1-3H3. The lowest BCUT2D eigenvalue weighted by atomic mass is 9.87. The van der Waals surface area contributed by atoms with Gasteiger partial charge in [0.2, 0.25) is 0 Å². The average molecular weight is 266 g/mol. The molecule has 1 fully saturated rings. The number of carbonyl (C=O) groups is 1. The number of benzene rings is 1. The fourth-order valence-corrected chi connectivity index (χ4v) is 1.80. The van der Waals surface area contributed by atoms with Gasteiger partial charge in [0.05, 0.1) is 0 Å². The zero-order valence-corrected chi connectivity index (χ0v) is 11.5. The van der Waals surface area contributed by atoms with Crippen molar-refractivity contribution in [3.05, 3.63) is 29.6 Å². The molecule has 0 bridgehead atoms. The summed E-state index contributed by atoms with van der Waals surface area (Å²) in [6, 6.07) is 4.31. The first-order valence-corrected chi connectivity index (χ1v) is 6.54. The molecule has 0 unspecified atom stereocenters. The van der Waals surface area contributed by atoms with Crippen molar-refractivity contribution in [1.82, 2.24) is 0 Å². The van der Waals surface area contributed by atoms with Gasteiger partial charge in [-0.05, 0) is 42.4 Å². The largest absolute Gasteiger partial charge is 0.514 e. The molecule has 0 N–H and O–H groups in total. The molecule has 1 aromatic rings. The lowest BCUT2D eigenvalue weighted by molar-refractivity contribution is 0.0227. The van der Waals surface area contributed by atoms with Crippen LogP contribution in [0.2, 0.25) is 0 Å². The molecule has 1 saturated carbocycles. The van der Waals surface area contributed by atoms with E-state index >= 15 is 0 Å². The smallest absolute Gasteiger partial charge is 0.431 e. The van der Waals surface area contributed by atoms with Gasteiger partial charge in [-0.2, -0.15) is 0 Å². The summed E-state index contributed by atoms with van der Waals surface area (Å²) in [5.74, 6) is -0.229. The summed E-state index contributed by atoms with van der Waals surface area (Å²) in [4.78, 5) is 11.5. The second-order valence-electron chi connectivity index (χ2n) is 5.95. The van der Waals surface area contributed by atoms with E-state index in [2.05, 4.69) is 0 Å². The highest BCUT2D eigenvalue weighted by molar-refractivity contribution is 5.64. The van der Waals surface area contributed by atoms with E-state index in [4.69, 9.17) is 9.47 Å². The number of hydrogen-bond donors (Lipinski definition) is 0. The molecule has 2 rings (SSSR count). The van der Waals surface area contributed by atoms with Crippen molar-refractivity contribution < 1.29 is 18.7 Å². The second kappa shape index (κ2) is 5.19. The van der Waals surface area contributed by atoms with E-state index in [1.54, 1.807) is 6.07 Å². The predicted octanol–water partition coefficient (Wildman–Crippen LogP) is 4.19. The Labute approximate surface area is 112 Å². The molecule has 0 radical (unpaired) electrons. The monoisotopic (exact) mass is 266 g/mol. The first kappa shape index (κ1) is 13.8. The van der Waals surface area contributed by atoms with Crippen LogP contribution in [-0.4, -0.2) is 12.3 Å². The molecule has 0 atom stereocenters. The third kappa shape index (κ3) is 3.69. The summed E-state index contributed by atoms with van der Waals surface area (Å²) >= 11 is 0. The van der Waals surface area contributed by atoms with Crippen molar-refractivity contribution >= 4 is 6.16 Å². The lowest BCUT2D eigenvalue weighted by Gasteiger charge is -2.24. The first-order valence-electron chi connectivity index (χ1n) is 6.54. The maximum absolute atomic E-state index is 13.5. The topological polar surface area (TPSA) is 35.5 Å². The molecule has 0 heterocycles. The molecule has 0 saturated heterocycles. The van der Waals surface area contributed by atoms with Crippen molar-refractivity contribution in [2.24, 2.45) is 0 Å². The van der Waals surface area contributed by atoms with Gasteiger partial charge in [0, 0.05) is 6.07 Å². The van der Waals surface area contributed by atoms with Crippen LogP contribution in [0.1, 0.15) is 45.6 Å². The van der Waals surface area contributed by atoms with Crippen molar-refractivity contribution in [3.8, 4) is 5.75 Å². The zero-order valence-electron chi connectivity index (χ0n) is 11.5. The Morgan fingerprint density at radius 2 is 1.95 bits per heavy atom. The van der Waals surface area contributed by atoms with Crippen LogP contribution < -0.4 is 4.74 Å². The molecule has 4 heteroatoms. The number of halogens is 1. The Morgan fingerprint density at radius 1 is 1.26 bits per heavy atom. The maximum Gasteiger partial charge on any atom is 0.514 e. The van der Waals surface area contributed by atoms with Gasteiger partial charge < -0.3 is 9.47 Å². The Hall–Kier alpha value is -1.58. The first-order chi connectivity index (χ1) is 8.84.